The molecule has 0 fully saturated rings. The van der Waals surface area contributed by atoms with Crippen molar-refractivity contribution >= 4 is 0 Å². The summed E-state index contributed by atoms with van der Waals surface area (Å²) in [7, 11) is 1.85. The molecule has 6 heteroatoms. The van der Waals surface area contributed by atoms with Crippen LogP contribution in [0.4, 0.5) is 0 Å². The van der Waals surface area contributed by atoms with Gasteiger partial charge in [-0.25, -0.2) is 0 Å². The minimum absolute atomic E-state index is 0.550. The molecule has 0 amide bonds. The number of nitriles is 1. The highest BCUT2D eigenvalue weighted by Crippen LogP contribution is 2.05. The van der Waals surface area contributed by atoms with E-state index < -0.39 is 0 Å². The monoisotopic (exact) mass is 231 g/mol. The Balaban J connectivity index is 1.88. The summed E-state index contributed by atoms with van der Waals surface area (Å²) in [6.07, 6.45) is 1.92. The summed E-state index contributed by atoms with van der Waals surface area (Å²) in [6, 6.07) is 3.98. The van der Waals surface area contributed by atoms with E-state index in [1.807, 2.05) is 19.3 Å². The molecule has 0 radical (unpaired) electrons. The van der Waals surface area contributed by atoms with Crippen LogP contribution >= 0.6 is 0 Å². The predicted octanol–water partition coefficient (Wildman–Crippen LogP) is 0.878. The first-order chi connectivity index (χ1) is 8.19. The molecule has 17 heavy (non-hydrogen) atoms. The normalized spacial score (nSPS) is 10.4. The van der Waals surface area contributed by atoms with Crippen molar-refractivity contribution in [3.05, 3.63) is 35.2 Å². The topological polar surface area (TPSA) is 79.7 Å². The quantitative estimate of drug-likeness (QED) is 0.844. The van der Waals surface area contributed by atoms with Crippen molar-refractivity contribution in [2.45, 2.75) is 20.0 Å². The Bertz CT molecular complexity index is 548. The zero-order valence-electron chi connectivity index (χ0n) is 9.77. The smallest absolute Gasteiger partial charge is 0.223 e. The molecular formula is C11H13N5O. The van der Waals surface area contributed by atoms with Gasteiger partial charge in [-0.15, -0.1) is 0 Å². The predicted molar refractivity (Wildman–Crippen MR) is 59.7 cm³/mol. The van der Waals surface area contributed by atoms with Gasteiger partial charge in [0.2, 0.25) is 5.89 Å². The van der Waals surface area contributed by atoms with Gasteiger partial charge in [0.15, 0.2) is 5.82 Å². The third kappa shape index (κ3) is 2.71. The molecule has 0 saturated heterocycles. The van der Waals surface area contributed by atoms with E-state index in [1.165, 1.54) is 0 Å². The van der Waals surface area contributed by atoms with Crippen LogP contribution in [0.15, 0.2) is 16.8 Å². The molecule has 0 bridgehead atoms. The first-order valence-corrected chi connectivity index (χ1v) is 5.24. The van der Waals surface area contributed by atoms with Crippen molar-refractivity contribution in [1.82, 2.24) is 20.0 Å². The lowest BCUT2D eigenvalue weighted by Crippen LogP contribution is -2.13. The second kappa shape index (κ2) is 4.80. The second-order valence-corrected chi connectivity index (χ2v) is 3.79. The van der Waals surface area contributed by atoms with Crippen molar-refractivity contribution in [2.24, 2.45) is 7.05 Å². The summed E-state index contributed by atoms with van der Waals surface area (Å²) < 4.78 is 6.66. The lowest BCUT2D eigenvalue weighted by Gasteiger charge is -1.98. The molecule has 2 heterocycles. The molecule has 0 unspecified atom stereocenters. The van der Waals surface area contributed by atoms with Gasteiger partial charge in [-0.3, -0.25) is 0 Å². The minimum atomic E-state index is 0.550. The van der Waals surface area contributed by atoms with Crippen molar-refractivity contribution in [1.29, 1.82) is 5.26 Å². The van der Waals surface area contributed by atoms with Crippen LogP contribution in [0, 0.1) is 18.3 Å². The lowest BCUT2D eigenvalue weighted by molar-refractivity contribution is 0.385. The standard InChI is InChI=1S/C11H13N5O/c1-8-14-11(15-17-8)6-13-5-9-3-10(4-12)16(2)7-9/h3,7,13H,5-6H2,1-2H3. The van der Waals surface area contributed by atoms with Gasteiger partial charge in [-0.05, 0) is 11.6 Å². The number of aryl methyl sites for hydroxylation is 2. The molecule has 0 aliphatic carbocycles. The van der Waals surface area contributed by atoms with Crippen LogP contribution in [0.1, 0.15) is 23.0 Å². The van der Waals surface area contributed by atoms with Crippen molar-refractivity contribution in [3.8, 4) is 6.07 Å². The first-order valence-electron chi connectivity index (χ1n) is 5.24. The Hall–Kier alpha value is -2.13. The summed E-state index contributed by atoms with van der Waals surface area (Å²) >= 11 is 0. The van der Waals surface area contributed by atoms with E-state index in [2.05, 4.69) is 21.5 Å². The first kappa shape index (κ1) is 11.4. The fraction of sp³-hybridized carbons (Fsp3) is 0.364. The highest BCUT2D eigenvalue weighted by molar-refractivity contribution is 5.28. The van der Waals surface area contributed by atoms with Crippen LogP contribution in [0.5, 0.6) is 0 Å². The number of nitrogens with one attached hydrogen (secondary N) is 1. The van der Waals surface area contributed by atoms with Gasteiger partial charge >= 0.3 is 0 Å². The van der Waals surface area contributed by atoms with E-state index in [4.69, 9.17) is 9.78 Å². The Kier molecular flexibility index (Phi) is 3.21. The molecule has 0 atom stereocenters. The lowest BCUT2D eigenvalue weighted by atomic mass is 10.3. The van der Waals surface area contributed by atoms with Gasteiger partial charge < -0.3 is 14.4 Å². The Labute approximate surface area is 98.9 Å². The molecule has 2 rings (SSSR count). The van der Waals surface area contributed by atoms with Gasteiger partial charge in [-0.2, -0.15) is 10.2 Å². The largest absolute Gasteiger partial charge is 0.342 e. The molecule has 0 aliphatic heterocycles. The van der Waals surface area contributed by atoms with E-state index in [0.29, 0.717) is 30.5 Å². The number of nitrogens with zero attached hydrogens (tertiary/aromatic N) is 4. The summed E-state index contributed by atoms with van der Waals surface area (Å²) in [5.74, 6) is 1.20. The van der Waals surface area contributed by atoms with E-state index in [9.17, 15) is 0 Å². The molecule has 6 nitrogen and oxygen atoms in total. The third-order valence-corrected chi connectivity index (χ3v) is 2.36. The van der Waals surface area contributed by atoms with Crippen LogP contribution in [-0.4, -0.2) is 14.7 Å². The summed E-state index contributed by atoms with van der Waals surface area (Å²) in [5, 5.41) is 15.8. The van der Waals surface area contributed by atoms with Crippen LogP contribution < -0.4 is 5.32 Å². The highest BCUT2D eigenvalue weighted by atomic mass is 16.5. The number of aromatic nitrogens is 3. The minimum Gasteiger partial charge on any atom is -0.342 e. The molecular weight excluding hydrogens is 218 g/mol. The Morgan fingerprint density at radius 1 is 1.53 bits per heavy atom. The van der Waals surface area contributed by atoms with Crippen LogP contribution in [-0.2, 0) is 20.1 Å². The van der Waals surface area contributed by atoms with E-state index in [-0.39, 0.29) is 0 Å². The molecule has 0 aliphatic rings. The molecule has 0 spiro atoms. The molecule has 88 valence electrons. The molecule has 0 saturated carbocycles. The van der Waals surface area contributed by atoms with Crippen LogP contribution in [0.3, 0.4) is 0 Å². The van der Waals surface area contributed by atoms with Gasteiger partial charge in [-0.1, -0.05) is 5.16 Å². The maximum absolute atomic E-state index is 8.81. The highest BCUT2D eigenvalue weighted by Gasteiger charge is 2.04. The summed E-state index contributed by atoms with van der Waals surface area (Å²) in [6.45, 7) is 2.98. The van der Waals surface area contributed by atoms with Gasteiger partial charge in [0.05, 0.1) is 6.54 Å². The molecule has 2 aromatic rings. The van der Waals surface area contributed by atoms with E-state index in [0.717, 1.165) is 5.56 Å². The van der Waals surface area contributed by atoms with Gasteiger partial charge in [0.25, 0.3) is 0 Å². The van der Waals surface area contributed by atoms with Crippen molar-refractivity contribution in [2.75, 3.05) is 0 Å². The maximum atomic E-state index is 8.81. The van der Waals surface area contributed by atoms with E-state index in [1.54, 1.807) is 11.5 Å². The maximum Gasteiger partial charge on any atom is 0.223 e. The molecule has 2 aromatic heterocycles. The average Bonchev–Trinajstić information content (AvgIpc) is 2.85. The fourth-order valence-corrected chi connectivity index (χ4v) is 1.57. The van der Waals surface area contributed by atoms with Gasteiger partial charge in [0.1, 0.15) is 11.8 Å². The Morgan fingerprint density at radius 3 is 2.94 bits per heavy atom. The number of hydrogen-bond acceptors (Lipinski definition) is 5. The third-order valence-electron chi connectivity index (χ3n) is 2.36. The van der Waals surface area contributed by atoms with Crippen LogP contribution in [0.2, 0.25) is 0 Å². The summed E-state index contributed by atoms with van der Waals surface area (Å²) in [5.41, 5.74) is 1.71. The summed E-state index contributed by atoms with van der Waals surface area (Å²) in [4.78, 5) is 4.08. The zero-order valence-corrected chi connectivity index (χ0v) is 9.77. The average molecular weight is 231 g/mol. The molecule has 1 N–H and O–H groups in total. The zero-order chi connectivity index (χ0) is 12.3. The SMILES string of the molecule is Cc1nc(CNCc2cc(C#N)n(C)c2)no1. The van der Waals surface area contributed by atoms with Gasteiger partial charge in [0, 0.05) is 26.7 Å². The fourth-order valence-electron chi connectivity index (χ4n) is 1.57. The van der Waals surface area contributed by atoms with Crippen molar-refractivity contribution in [3.63, 3.8) is 0 Å². The van der Waals surface area contributed by atoms with E-state index >= 15 is 0 Å². The molecule has 0 aromatic carbocycles. The second-order valence-electron chi connectivity index (χ2n) is 3.79. The van der Waals surface area contributed by atoms with Crippen molar-refractivity contribution < 1.29 is 4.52 Å². The Morgan fingerprint density at radius 2 is 2.35 bits per heavy atom. The number of hydrogen-bond donors (Lipinski definition) is 1. The number of rotatable bonds is 4. The van der Waals surface area contributed by atoms with Crippen LogP contribution in [0.25, 0.3) is 0 Å².